The Morgan fingerprint density at radius 3 is 2.91 bits per heavy atom. The van der Waals surface area contributed by atoms with Crippen molar-refractivity contribution in [2.24, 2.45) is 4.99 Å². The molecular weight excluding hydrogens is 138 g/mol. The van der Waals surface area contributed by atoms with E-state index in [9.17, 15) is 0 Å². The van der Waals surface area contributed by atoms with E-state index in [0.29, 0.717) is 0 Å². The van der Waals surface area contributed by atoms with Gasteiger partial charge in [0.05, 0.1) is 11.2 Å². The first-order chi connectivity index (χ1) is 5.20. The zero-order valence-corrected chi connectivity index (χ0v) is 6.57. The fourth-order valence-electron chi connectivity index (χ4n) is 1.24. The van der Waals surface area contributed by atoms with Gasteiger partial charge in [-0.2, -0.15) is 0 Å². The third kappa shape index (κ3) is 0.843. The molecule has 1 aromatic heterocycles. The Labute approximate surface area is 65.2 Å². The molecule has 2 heterocycles. The van der Waals surface area contributed by atoms with Crippen molar-refractivity contribution >= 4 is 6.21 Å². The number of nitrogens with zero attached hydrogens (tertiary/aromatic N) is 3. The van der Waals surface area contributed by atoms with Crippen molar-refractivity contribution in [1.82, 2.24) is 9.97 Å². The standard InChI is InChI=1S/C8H9N3/c1-8(2)7-6(4-11-8)3-9-5-10-7/h3-5H,1-2H3. The molecule has 0 aromatic carbocycles. The molecule has 0 N–H and O–H groups in total. The molecule has 56 valence electrons. The summed E-state index contributed by atoms with van der Waals surface area (Å²) in [4.78, 5) is 12.4. The van der Waals surface area contributed by atoms with Gasteiger partial charge in [0.25, 0.3) is 0 Å². The van der Waals surface area contributed by atoms with Crippen molar-refractivity contribution in [2.45, 2.75) is 19.4 Å². The molecule has 0 radical (unpaired) electrons. The summed E-state index contributed by atoms with van der Waals surface area (Å²) >= 11 is 0. The predicted molar refractivity (Wildman–Crippen MR) is 42.7 cm³/mol. The predicted octanol–water partition coefficient (Wildman–Crippen LogP) is 1.14. The van der Waals surface area contributed by atoms with Gasteiger partial charge in [-0.05, 0) is 13.8 Å². The van der Waals surface area contributed by atoms with Gasteiger partial charge in [-0.1, -0.05) is 0 Å². The van der Waals surface area contributed by atoms with Crippen molar-refractivity contribution in [2.75, 3.05) is 0 Å². The molecule has 0 saturated carbocycles. The van der Waals surface area contributed by atoms with E-state index in [1.165, 1.54) is 0 Å². The van der Waals surface area contributed by atoms with Crippen molar-refractivity contribution in [3.05, 3.63) is 23.8 Å². The van der Waals surface area contributed by atoms with Gasteiger partial charge in [0.1, 0.15) is 6.33 Å². The normalized spacial score (nSPS) is 18.4. The quantitative estimate of drug-likeness (QED) is 0.552. The molecule has 0 fully saturated rings. The number of hydrogen-bond donors (Lipinski definition) is 0. The lowest BCUT2D eigenvalue weighted by molar-refractivity contribution is 0.552. The first kappa shape index (κ1) is 6.46. The van der Waals surface area contributed by atoms with Gasteiger partial charge in [0.2, 0.25) is 0 Å². The van der Waals surface area contributed by atoms with Crippen LogP contribution in [0.3, 0.4) is 0 Å². The summed E-state index contributed by atoms with van der Waals surface area (Å²) in [5.41, 5.74) is 1.91. The van der Waals surface area contributed by atoms with Gasteiger partial charge in [-0.3, -0.25) is 4.99 Å². The van der Waals surface area contributed by atoms with E-state index in [1.54, 1.807) is 12.5 Å². The molecule has 0 unspecified atom stereocenters. The van der Waals surface area contributed by atoms with Gasteiger partial charge in [-0.25, -0.2) is 9.97 Å². The highest BCUT2D eigenvalue weighted by Gasteiger charge is 2.27. The average molecular weight is 147 g/mol. The molecule has 2 rings (SSSR count). The molecule has 3 nitrogen and oxygen atoms in total. The van der Waals surface area contributed by atoms with Gasteiger partial charge in [0.15, 0.2) is 0 Å². The van der Waals surface area contributed by atoms with E-state index in [2.05, 4.69) is 15.0 Å². The lowest BCUT2D eigenvalue weighted by atomic mass is 10.0. The van der Waals surface area contributed by atoms with E-state index in [4.69, 9.17) is 0 Å². The van der Waals surface area contributed by atoms with Gasteiger partial charge < -0.3 is 0 Å². The minimum Gasteiger partial charge on any atom is -0.280 e. The molecular formula is C8H9N3. The van der Waals surface area contributed by atoms with Crippen LogP contribution in [0.15, 0.2) is 17.5 Å². The van der Waals surface area contributed by atoms with Crippen LogP contribution in [0, 0.1) is 0 Å². The lowest BCUT2D eigenvalue weighted by Crippen LogP contribution is -2.12. The summed E-state index contributed by atoms with van der Waals surface area (Å²) in [7, 11) is 0. The van der Waals surface area contributed by atoms with E-state index in [1.807, 2.05) is 20.1 Å². The maximum Gasteiger partial charge on any atom is 0.115 e. The van der Waals surface area contributed by atoms with Crippen LogP contribution in [-0.4, -0.2) is 16.2 Å². The molecule has 1 aliphatic rings. The Bertz CT molecular complexity index is 315. The maximum absolute atomic E-state index is 4.31. The van der Waals surface area contributed by atoms with Gasteiger partial charge in [0, 0.05) is 18.0 Å². The Balaban J connectivity index is 2.64. The Morgan fingerprint density at radius 2 is 2.18 bits per heavy atom. The van der Waals surface area contributed by atoms with Crippen LogP contribution in [0.1, 0.15) is 25.1 Å². The highest BCUT2D eigenvalue weighted by molar-refractivity contribution is 5.84. The summed E-state index contributed by atoms with van der Waals surface area (Å²) in [5, 5.41) is 0. The van der Waals surface area contributed by atoms with E-state index < -0.39 is 0 Å². The highest BCUT2D eigenvalue weighted by atomic mass is 15.0. The Morgan fingerprint density at radius 1 is 1.36 bits per heavy atom. The fraction of sp³-hybridized carbons (Fsp3) is 0.375. The molecule has 1 aliphatic heterocycles. The van der Waals surface area contributed by atoms with E-state index in [-0.39, 0.29) is 5.54 Å². The molecule has 11 heavy (non-hydrogen) atoms. The highest BCUT2D eigenvalue weighted by Crippen LogP contribution is 2.28. The minimum absolute atomic E-state index is 0.154. The molecule has 3 heteroatoms. The van der Waals surface area contributed by atoms with Crippen LogP contribution in [0.4, 0.5) is 0 Å². The number of fused-ring (bicyclic) bond motifs is 1. The molecule has 0 bridgehead atoms. The van der Waals surface area contributed by atoms with Crippen molar-refractivity contribution in [1.29, 1.82) is 0 Å². The first-order valence-corrected chi connectivity index (χ1v) is 3.56. The Hall–Kier alpha value is -1.25. The van der Waals surface area contributed by atoms with Crippen LogP contribution in [0.5, 0.6) is 0 Å². The zero-order chi connectivity index (χ0) is 7.90. The average Bonchev–Trinajstić information content (AvgIpc) is 2.29. The third-order valence-corrected chi connectivity index (χ3v) is 1.85. The topological polar surface area (TPSA) is 38.1 Å². The molecule has 0 amide bonds. The van der Waals surface area contributed by atoms with Crippen LogP contribution in [-0.2, 0) is 5.54 Å². The zero-order valence-electron chi connectivity index (χ0n) is 6.57. The molecule has 0 saturated heterocycles. The summed E-state index contributed by atoms with van der Waals surface area (Å²) in [6.45, 7) is 4.09. The second-order valence-corrected chi connectivity index (χ2v) is 3.14. The molecule has 0 spiro atoms. The minimum atomic E-state index is -0.154. The molecule has 1 aromatic rings. The second kappa shape index (κ2) is 1.87. The summed E-state index contributed by atoms with van der Waals surface area (Å²) < 4.78 is 0. The molecule has 0 atom stereocenters. The lowest BCUT2D eigenvalue weighted by Gasteiger charge is -2.13. The van der Waals surface area contributed by atoms with Crippen molar-refractivity contribution in [3.8, 4) is 0 Å². The number of aromatic nitrogens is 2. The Kier molecular flexibility index (Phi) is 1.10. The van der Waals surface area contributed by atoms with E-state index in [0.717, 1.165) is 11.3 Å². The van der Waals surface area contributed by atoms with Gasteiger partial charge >= 0.3 is 0 Å². The van der Waals surface area contributed by atoms with Crippen LogP contribution < -0.4 is 0 Å². The largest absolute Gasteiger partial charge is 0.280 e. The van der Waals surface area contributed by atoms with Crippen LogP contribution >= 0.6 is 0 Å². The van der Waals surface area contributed by atoms with Gasteiger partial charge in [-0.15, -0.1) is 0 Å². The number of aliphatic imine (C=N–C) groups is 1. The summed E-state index contributed by atoms with van der Waals surface area (Å²) in [5.74, 6) is 0. The summed E-state index contributed by atoms with van der Waals surface area (Å²) in [6.07, 6.45) is 5.19. The number of rotatable bonds is 0. The maximum atomic E-state index is 4.31. The monoisotopic (exact) mass is 147 g/mol. The summed E-state index contributed by atoms with van der Waals surface area (Å²) in [6, 6.07) is 0. The molecule has 0 aliphatic carbocycles. The first-order valence-electron chi connectivity index (χ1n) is 3.56. The SMILES string of the molecule is CC1(C)N=Cc2cncnc21. The number of hydrogen-bond acceptors (Lipinski definition) is 3. The smallest absolute Gasteiger partial charge is 0.115 e. The van der Waals surface area contributed by atoms with Crippen LogP contribution in [0.2, 0.25) is 0 Å². The van der Waals surface area contributed by atoms with Crippen LogP contribution in [0.25, 0.3) is 0 Å². The van der Waals surface area contributed by atoms with Crippen molar-refractivity contribution in [3.63, 3.8) is 0 Å². The third-order valence-electron chi connectivity index (χ3n) is 1.85. The second-order valence-electron chi connectivity index (χ2n) is 3.14. The van der Waals surface area contributed by atoms with E-state index >= 15 is 0 Å². The van der Waals surface area contributed by atoms with Crippen molar-refractivity contribution < 1.29 is 0 Å². The fourth-order valence-corrected chi connectivity index (χ4v) is 1.24.